The molecule has 0 atom stereocenters. The van der Waals surface area contributed by atoms with Crippen molar-refractivity contribution in [3.8, 4) is 0 Å². The molecule has 0 aromatic carbocycles. The van der Waals surface area contributed by atoms with Crippen LogP contribution in [0.4, 0.5) is 0 Å². The summed E-state index contributed by atoms with van der Waals surface area (Å²) >= 11 is 0. The normalized spacial score (nSPS) is 8.21. The van der Waals surface area contributed by atoms with Gasteiger partial charge in [0.1, 0.15) is 0 Å². The number of nitrogens with zero attached hydrogens (tertiary/aromatic N) is 2. The first-order valence-corrected chi connectivity index (χ1v) is 6.45. The Kier molecular flexibility index (Phi) is 40.8. The van der Waals surface area contributed by atoms with E-state index in [-0.39, 0.29) is 73.1 Å². The molecule has 0 unspecified atom stereocenters. The Morgan fingerprint density at radius 1 is 0.607 bits per heavy atom. The maximum absolute atomic E-state index is 11.2. The molecule has 2 aromatic rings. The van der Waals surface area contributed by atoms with Gasteiger partial charge in [-0.1, -0.05) is 51.0 Å². The van der Waals surface area contributed by atoms with Crippen LogP contribution in [0.5, 0.6) is 0 Å². The van der Waals surface area contributed by atoms with E-state index in [0.29, 0.717) is 11.4 Å². The molecule has 0 spiro atoms. The van der Waals surface area contributed by atoms with Gasteiger partial charge in [0.2, 0.25) is 0 Å². The summed E-state index contributed by atoms with van der Waals surface area (Å²) in [6.45, 7) is 6.43. The van der Waals surface area contributed by atoms with Crippen molar-refractivity contribution in [2.24, 2.45) is 0 Å². The molecule has 0 aliphatic rings. The summed E-state index contributed by atoms with van der Waals surface area (Å²) in [5, 5.41) is 22.5. The zero-order valence-electron chi connectivity index (χ0n) is 15.8. The predicted octanol–water partition coefficient (Wildman–Crippen LogP) is -2.19. The summed E-state index contributed by atoms with van der Waals surface area (Å²) < 4.78 is 0. The quantitative estimate of drug-likeness (QED) is 0.331. The summed E-state index contributed by atoms with van der Waals surface area (Å²) in [7, 11) is 0. The van der Waals surface area contributed by atoms with Gasteiger partial charge in [-0.15, -0.1) is 0 Å². The second-order valence-electron chi connectivity index (χ2n) is 5.45. The van der Waals surface area contributed by atoms with Crippen LogP contribution in [0.1, 0.15) is 39.1 Å². The molecule has 0 fully saturated rings. The van der Waals surface area contributed by atoms with Crippen molar-refractivity contribution < 1.29 is 83.3 Å². The Labute approximate surface area is 192 Å². The molecule has 0 aliphatic carbocycles. The van der Waals surface area contributed by atoms with Crippen molar-refractivity contribution in [1.82, 2.24) is 9.97 Å². The standard InChI is InChI=1S/2C8H10NO.2Ir.4H2O.2O/c2*1-8(2,10)7-5-3-4-6-9-7;;;;;;;;/h2*3-6H,1-2H3;;;4*1H2;;/q2*-1;;;;;;;2*-2. The second kappa shape index (κ2) is 22.6. The Morgan fingerprint density at radius 3 is 0.964 bits per heavy atom. The Hall–Kier alpha value is -0.721. The fraction of sp³-hybridized carbons (Fsp3) is 0.375. The molecule has 12 heteroatoms. The fourth-order valence-corrected chi connectivity index (χ4v) is 1.44. The Morgan fingerprint density at radius 2 is 0.857 bits per heavy atom. The molecule has 28 heavy (non-hydrogen) atoms. The van der Waals surface area contributed by atoms with E-state index in [1.165, 1.54) is 0 Å². The number of pyridine rings is 2. The van der Waals surface area contributed by atoms with E-state index < -0.39 is 11.2 Å². The van der Waals surface area contributed by atoms with E-state index in [9.17, 15) is 10.2 Å². The van der Waals surface area contributed by atoms with Crippen molar-refractivity contribution in [2.45, 2.75) is 38.9 Å². The third-order valence-electron chi connectivity index (χ3n) is 2.56. The molecule has 2 rings (SSSR count). The monoisotopic (exact) mass is 762 g/mol. The summed E-state index contributed by atoms with van der Waals surface area (Å²) in [6.07, 6.45) is 3.27. The van der Waals surface area contributed by atoms with Crippen molar-refractivity contribution >= 4 is 0 Å². The number of hydrogen-bond donors (Lipinski definition) is 0. The molecule has 0 saturated heterocycles. The maximum Gasteiger partial charge on any atom is 0.0294 e. The van der Waals surface area contributed by atoms with E-state index in [1.54, 1.807) is 64.4 Å². The minimum Gasteiger partial charge on any atom is -2.00 e. The topological polar surface area (TPSA) is 255 Å². The smallest absolute Gasteiger partial charge is 0.0294 e. The molecule has 0 amide bonds. The molecule has 10 nitrogen and oxygen atoms in total. The van der Waals surface area contributed by atoms with E-state index in [0.717, 1.165) is 0 Å². The van der Waals surface area contributed by atoms with Crippen LogP contribution in [0.15, 0.2) is 48.8 Å². The van der Waals surface area contributed by atoms with E-state index in [2.05, 4.69) is 9.97 Å². The van der Waals surface area contributed by atoms with Gasteiger partial charge in [0.25, 0.3) is 0 Å². The molecular formula is C16H28Ir2N2O8-6. The summed E-state index contributed by atoms with van der Waals surface area (Å²) in [4.78, 5) is 7.88. The Balaban J connectivity index is -0.0000000370. The first-order chi connectivity index (χ1) is 9.21. The molecule has 0 bridgehead atoms. The predicted molar refractivity (Wildman–Crippen MR) is 90.4 cm³/mol. The van der Waals surface area contributed by atoms with E-state index in [4.69, 9.17) is 0 Å². The van der Waals surface area contributed by atoms with Crippen molar-refractivity contribution in [3.63, 3.8) is 0 Å². The van der Waals surface area contributed by atoms with Gasteiger partial charge >= 0.3 is 0 Å². The van der Waals surface area contributed by atoms with E-state index in [1.807, 2.05) is 12.1 Å². The third-order valence-corrected chi connectivity index (χ3v) is 2.56. The van der Waals surface area contributed by atoms with Crippen molar-refractivity contribution in [3.05, 3.63) is 60.2 Å². The zero-order valence-corrected chi connectivity index (χ0v) is 20.6. The maximum atomic E-state index is 11.2. The number of hydrogen-bond acceptors (Lipinski definition) is 4. The second-order valence-corrected chi connectivity index (χ2v) is 5.45. The van der Waals surface area contributed by atoms with Crippen LogP contribution in [0.2, 0.25) is 0 Å². The van der Waals surface area contributed by atoms with Crippen LogP contribution in [0.3, 0.4) is 0 Å². The summed E-state index contributed by atoms with van der Waals surface area (Å²) in [5.41, 5.74) is -0.951. The molecule has 2 heterocycles. The van der Waals surface area contributed by atoms with Gasteiger partial charge in [-0.2, -0.15) is 0 Å². The first-order valence-electron chi connectivity index (χ1n) is 6.45. The summed E-state index contributed by atoms with van der Waals surface area (Å²) in [6, 6.07) is 10.7. The first kappa shape index (κ1) is 50.7. The fourth-order valence-electron chi connectivity index (χ4n) is 1.44. The average Bonchev–Trinajstić information content (AvgIpc) is 2.40. The average molecular weight is 761 g/mol. The largest absolute Gasteiger partial charge is 2.00 e. The number of rotatable bonds is 2. The molecule has 0 saturated carbocycles. The van der Waals surface area contributed by atoms with Crippen molar-refractivity contribution in [1.29, 1.82) is 0 Å². The van der Waals surface area contributed by atoms with Crippen LogP contribution in [-0.4, -0.2) is 31.9 Å². The van der Waals surface area contributed by atoms with Gasteiger partial charge in [-0.3, -0.25) is 9.97 Å². The van der Waals surface area contributed by atoms with E-state index >= 15 is 0 Å². The molecule has 2 aromatic heterocycles. The minimum absolute atomic E-state index is 0. The zero-order chi connectivity index (χ0) is 15.2. The molecule has 8 N–H and O–H groups in total. The van der Waals surface area contributed by atoms with Gasteiger partial charge in [-0.05, 0) is 24.3 Å². The van der Waals surface area contributed by atoms with Gasteiger partial charge in [-0.25, -0.2) is 0 Å². The SMILES string of the molecule is CC(C)([O-])c1ccccn1.CC(C)([O-])c1ccccn1.O.O.O.O.[Ir].[Ir].[O-2].[O-2]. The Bertz CT molecular complexity index is 474. The van der Waals surface area contributed by atoms with Gasteiger partial charge < -0.3 is 43.1 Å². The van der Waals surface area contributed by atoms with Crippen LogP contribution in [0.25, 0.3) is 0 Å². The third kappa shape index (κ3) is 20.0. The van der Waals surface area contributed by atoms with Crippen LogP contribution >= 0.6 is 0 Å². The summed E-state index contributed by atoms with van der Waals surface area (Å²) in [5.74, 6) is 0. The minimum atomic E-state index is -1.07. The van der Waals surface area contributed by atoms with Gasteiger partial charge in [0.15, 0.2) is 0 Å². The molecule has 2 radical (unpaired) electrons. The van der Waals surface area contributed by atoms with Crippen LogP contribution in [-0.2, 0) is 62.4 Å². The van der Waals surface area contributed by atoms with Crippen LogP contribution < -0.4 is 10.2 Å². The van der Waals surface area contributed by atoms with Crippen molar-refractivity contribution in [2.75, 3.05) is 0 Å². The molecule has 0 aliphatic heterocycles. The van der Waals surface area contributed by atoms with Gasteiger partial charge in [0, 0.05) is 64.0 Å². The van der Waals surface area contributed by atoms with Crippen LogP contribution in [0, 0.1) is 0 Å². The molecule has 174 valence electrons. The number of aromatic nitrogens is 2. The molecular weight excluding hydrogens is 733 g/mol. The van der Waals surface area contributed by atoms with Gasteiger partial charge in [0.05, 0.1) is 0 Å².